The van der Waals surface area contributed by atoms with Crippen LogP contribution in [0.3, 0.4) is 0 Å². The number of carbonyl (C=O) groups is 1. The lowest BCUT2D eigenvalue weighted by molar-refractivity contribution is 0.0922. The number of carbonyl (C=O) groups excluding carboxylic acids is 1. The lowest BCUT2D eigenvalue weighted by Crippen LogP contribution is -2.50. The van der Waals surface area contributed by atoms with Crippen LogP contribution in [0.2, 0.25) is 0 Å². The van der Waals surface area contributed by atoms with Gasteiger partial charge < -0.3 is 14.6 Å². The van der Waals surface area contributed by atoms with E-state index < -0.39 is 17.5 Å². The standard InChI is InChI=1S/C23H22F3N3O2/c24-17-8-7-16(14-19(17)26)23(30)27-15-21(22-6-3-13-31-22)29-11-9-28(10-12-29)20-5-2-1-4-18(20)25/h1-8,13-14,21H,9-12,15H2,(H,27,30). The lowest BCUT2D eigenvalue weighted by Gasteiger charge is -2.39. The molecule has 1 amide bonds. The van der Waals surface area contributed by atoms with Crippen LogP contribution in [0.4, 0.5) is 18.9 Å². The zero-order valence-electron chi connectivity index (χ0n) is 16.7. The molecule has 1 N–H and O–H groups in total. The maximum atomic E-state index is 14.1. The number of para-hydroxylation sites is 1. The number of rotatable bonds is 6. The van der Waals surface area contributed by atoms with E-state index in [4.69, 9.17) is 4.42 Å². The summed E-state index contributed by atoms with van der Waals surface area (Å²) in [6.07, 6.45) is 1.56. The summed E-state index contributed by atoms with van der Waals surface area (Å²) in [5.74, 6) is -2.14. The third kappa shape index (κ3) is 4.74. The summed E-state index contributed by atoms with van der Waals surface area (Å²) in [5, 5.41) is 2.78. The van der Waals surface area contributed by atoms with Gasteiger partial charge in [0.1, 0.15) is 11.6 Å². The van der Waals surface area contributed by atoms with E-state index in [0.717, 1.165) is 12.1 Å². The summed E-state index contributed by atoms with van der Waals surface area (Å²) < 4.78 is 46.3. The van der Waals surface area contributed by atoms with Crippen molar-refractivity contribution in [2.24, 2.45) is 0 Å². The Morgan fingerprint density at radius 2 is 1.71 bits per heavy atom. The van der Waals surface area contributed by atoms with Gasteiger partial charge in [0, 0.05) is 38.3 Å². The minimum atomic E-state index is -1.07. The maximum absolute atomic E-state index is 14.1. The maximum Gasteiger partial charge on any atom is 0.251 e. The number of nitrogens with zero attached hydrogens (tertiary/aromatic N) is 2. The Morgan fingerprint density at radius 3 is 2.39 bits per heavy atom. The second-order valence-electron chi connectivity index (χ2n) is 7.34. The molecule has 0 aliphatic carbocycles. The highest BCUT2D eigenvalue weighted by molar-refractivity contribution is 5.94. The molecule has 0 spiro atoms. The molecular weight excluding hydrogens is 407 g/mol. The van der Waals surface area contributed by atoms with Gasteiger partial charge in [-0.2, -0.15) is 0 Å². The van der Waals surface area contributed by atoms with Gasteiger partial charge in [0.25, 0.3) is 5.91 Å². The molecule has 1 atom stereocenters. The highest BCUT2D eigenvalue weighted by Gasteiger charge is 2.28. The van der Waals surface area contributed by atoms with Crippen LogP contribution in [0, 0.1) is 17.5 Å². The molecule has 1 aliphatic rings. The third-order valence-electron chi connectivity index (χ3n) is 5.46. The Bertz CT molecular complexity index is 1030. The zero-order chi connectivity index (χ0) is 21.8. The lowest BCUT2D eigenvalue weighted by atomic mass is 10.1. The monoisotopic (exact) mass is 429 g/mol. The first-order chi connectivity index (χ1) is 15.0. The number of anilines is 1. The van der Waals surface area contributed by atoms with E-state index >= 15 is 0 Å². The van der Waals surface area contributed by atoms with Gasteiger partial charge in [-0.15, -0.1) is 0 Å². The summed E-state index contributed by atoms with van der Waals surface area (Å²) >= 11 is 0. The predicted octanol–water partition coefficient (Wildman–Crippen LogP) is 3.99. The number of furan rings is 1. The normalized spacial score (nSPS) is 15.6. The molecule has 1 fully saturated rings. The van der Waals surface area contributed by atoms with Crippen LogP contribution in [-0.4, -0.2) is 43.5 Å². The number of benzene rings is 2. The molecule has 3 aromatic rings. The van der Waals surface area contributed by atoms with Crippen molar-refractivity contribution in [3.05, 3.63) is 89.6 Å². The SMILES string of the molecule is O=C(NCC(c1ccco1)N1CCN(c2ccccc2F)CC1)c1ccc(F)c(F)c1. The van der Waals surface area contributed by atoms with E-state index in [1.54, 1.807) is 24.5 Å². The number of halogens is 3. The van der Waals surface area contributed by atoms with Gasteiger partial charge in [0.15, 0.2) is 11.6 Å². The molecule has 2 aromatic carbocycles. The predicted molar refractivity (Wildman–Crippen MR) is 110 cm³/mol. The van der Waals surface area contributed by atoms with Crippen molar-refractivity contribution in [2.75, 3.05) is 37.6 Å². The molecule has 1 aromatic heterocycles. The fourth-order valence-corrected chi connectivity index (χ4v) is 3.80. The summed E-state index contributed by atoms with van der Waals surface area (Å²) in [6, 6.07) is 13.1. The molecule has 0 radical (unpaired) electrons. The molecule has 162 valence electrons. The summed E-state index contributed by atoms with van der Waals surface area (Å²) in [5.41, 5.74) is 0.616. The van der Waals surface area contributed by atoms with Crippen molar-refractivity contribution in [2.45, 2.75) is 6.04 Å². The Kier molecular flexibility index (Phi) is 6.27. The van der Waals surface area contributed by atoms with Crippen molar-refractivity contribution in [3.63, 3.8) is 0 Å². The number of hydrogen-bond acceptors (Lipinski definition) is 4. The van der Waals surface area contributed by atoms with E-state index in [-0.39, 0.29) is 24.0 Å². The second kappa shape index (κ2) is 9.26. The first kappa shape index (κ1) is 21.0. The van der Waals surface area contributed by atoms with E-state index in [0.29, 0.717) is 37.6 Å². The zero-order valence-corrected chi connectivity index (χ0v) is 16.7. The van der Waals surface area contributed by atoms with Crippen molar-refractivity contribution in [3.8, 4) is 0 Å². The van der Waals surface area contributed by atoms with Crippen LogP contribution in [0.15, 0.2) is 65.3 Å². The number of piperazine rings is 1. The van der Waals surface area contributed by atoms with Crippen molar-refractivity contribution >= 4 is 11.6 Å². The first-order valence-electron chi connectivity index (χ1n) is 10.0. The van der Waals surface area contributed by atoms with Crippen molar-refractivity contribution in [1.82, 2.24) is 10.2 Å². The molecule has 2 heterocycles. The van der Waals surface area contributed by atoms with Gasteiger partial charge in [0.05, 0.1) is 18.0 Å². The second-order valence-corrected chi connectivity index (χ2v) is 7.34. The molecule has 1 aliphatic heterocycles. The molecule has 8 heteroatoms. The molecule has 0 bridgehead atoms. The van der Waals surface area contributed by atoms with Gasteiger partial charge in [-0.3, -0.25) is 9.69 Å². The summed E-state index contributed by atoms with van der Waals surface area (Å²) in [7, 11) is 0. The number of amides is 1. The topological polar surface area (TPSA) is 48.7 Å². The molecular formula is C23H22F3N3O2. The fraction of sp³-hybridized carbons (Fsp3) is 0.261. The fourth-order valence-electron chi connectivity index (χ4n) is 3.80. The van der Waals surface area contributed by atoms with Gasteiger partial charge in [-0.1, -0.05) is 12.1 Å². The Labute approximate surface area is 178 Å². The third-order valence-corrected chi connectivity index (χ3v) is 5.46. The Morgan fingerprint density at radius 1 is 0.935 bits per heavy atom. The van der Waals surface area contributed by atoms with E-state index in [9.17, 15) is 18.0 Å². The van der Waals surface area contributed by atoms with Crippen molar-refractivity contribution in [1.29, 1.82) is 0 Å². The van der Waals surface area contributed by atoms with Gasteiger partial charge in [-0.05, 0) is 42.5 Å². The summed E-state index contributed by atoms with van der Waals surface area (Å²) in [6.45, 7) is 2.75. The van der Waals surface area contributed by atoms with Crippen LogP contribution in [0.25, 0.3) is 0 Å². The largest absolute Gasteiger partial charge is 0.468 e. The number of hydrogen-bond donors (Lipinski definition) is 1. The summed E-state index contributed by atoms with van der Waals surface area (Å²) in [4.78, 5) is 16.6. The van der Waals surface area contributed by atoms with Gasteiger partial charge in [0.2, 0.25) is 0 Å². The first-order valence-corrected chi connectivity index (χ1v) is 10.0. The Hall–Kier alpha value is -3.26. The van der Waals surface area contributed by atoms with Crippen molar-refractivity contribution < 1.29 is 22.4 Å². The molecule has 5 nitrogen and oxygen atoms in total. The number of nitrogens with one attached hydrogen (secondary N) is 1. The molecule has 31 heavy (non-hydrogen) atoms. The van der Waals surface area contributed by atoms with Crippen LogP contribution < -0.4 is 10.2 Å². The van der Waals surface area contributed by atoms with Gasteiger partial charge >= 0.3 is 0 Å². The van der Waals surface area contributed by atoms with E-state index in [2.05, 4.69) is 10.2 Å². The highest BCUT2D eigenvalue weighted by Crippen LogP contribution is 2.25. The van der Waals surface area contributed by atoms with Gasteiger partial charge in [-0.25, -0.2) is 13.2 Å². The van der Waals surface area contributed by atoms with Crippen LogP contribution in [0.1, 0.15) is 22.2 Å². The highest BCUT2D eigenvalue weighted by atomic mass is 19.2. The minimum absolute atomic E-state index is 0.0430. The molecule has 1 saturated heterocycles. The van der Waals surface area contributed by atoms with Crippen LogP contribution in [0.5, 0.6) is 0 Å². The van der Waals surface area contributed by atoms with Crippen LogP contribution >= 0.6 is 0 Å². The average Bonchev–Trinajstić information content (AvgIpc) is 3.31. The smallest absolute Gasteiger partial charge is 0.251 e. The molecule has 0 saturated carbocycles. The quantitative estimate of drug-likeness (QED) is 0.644. The average molecular weight is 429 g/mol. The molecule has 4 rings (SSSR count). The minimum Gasteiger partial charge on any atom is -0.468 e. The van der Waals surface area contributed by atoms with E-state index in [1.165, 1.54) is 12.1 Å². The molecule has 1 unspecified atom stereocenters. The van der Waals surface area contributed by atoms with Crippen LogP contribution in [-0.2, 0) is 0 Å². The van der Waals surface area contributed by atoms with E-state index in [1.807, 2.05) is 17.0 Å². The Balaban J connectivity index is 1.42.